The van der Waals surface area contributed by atoms with Gasteiger partial charge in [0.1, 0.15) is 0 Å². The van der Waals surface area contributed by atoms with E-state index in [4.69, 9.17) is 23.2 Å². The fraction of sp³-hybridized carbons (Fsp3) is 0.115. The van der Waals surface area contributed by atoms with Gasteiger partial charge in [0.15, 0.2) is 6.04 Å². The predicted molar refractivity (Wildman–Crippen MR) is 123 cm³/mol. The summed E-state index contributed by atoms with van der Waals surface area (Å²) in [5.41, 5.74) is 6.61. The molecule has 0 bridgehead atoms. The van der Waals surface area contributed by atoms with Crippen LogP contribution in [-0.2, 0) is 0 Å². The number of halogens is 2. The Hall–Kier alpha value is -2.61. The summed E-state index contributed by atoms with van der Waals surface area (Å²) in [6.07, 6.45) is 0. The quantitative estimate of drug-likeness (QED) is 0.297. The second-order valence-corrected chi connectivity index (χ2v) is 8.18. The van der Waals surface area contributed by atoms with Gasteiger partial charge in [0.05, 0.1) is 10.6 Å². The molecule has 0 N–H and O–H groups in total. The third-order valence-electron chi connectivity index (χ3n) is 5.00. The molecule has 0 aliphatic carbocycles. The predicted octanol–water partition coefficient (Wildman–Crippen LogP) is 7.86. The highest BCUT2D eigenvalue weighted by Gasteiger charge is 2.26. The first-order valence-corrected chi connectivity index (χ1v) is 10.5. The van der Waals surface area contributed by atoms with Crippen LogP contribution in [0.25, 0.3) is 33.6 Å². The molecule has 1 heterocycles. The molecule has 0 amide bonds. The van der Waals surface area contributed by atoms with E-state index >= 15 is 0 Å². The molecule has 29 heavy (non-hydrogen) atoms. The smallest absolute Gasteiger partial charge is 0.189 e. The van der Waals surface area contributed by atoms with Crippen molar-refractivity contribution >= 4 is 23.2 Å². The van der Waals surface area contributed by atoms with Gasteiger partial charge in [-0.15, -0.1) is 0 Å². The topological polar surface area (TPSA) is 3.88 Å². The highest BCUT2D eigenvalue weighted by molar-refractivity contribution is 6.35. The van der Waals surface area contributed by atoms with E-state index in [0.717, 1.165) is 22.5 Å². The lowest BCUT2D eigenvalue weighted by molar-refractivity contribution is -0.695. The van der Waals surface area contributed by atoms with Gasteiger partial charge in [0.2, 0.25) is 11.4 Å². The Morgan fingerprint density at radius 3 is 1.83 bits per heavy atom. The minimum Gasteiger partial charge on any atom is -0.189 e. The first-order chi connectivity index (χ1) is 14.0. The fourth-order valence-electron chi connectivity index (χ4n) is 3.69. The van der Waals surface area contributed by atoms with Gasteiger partial charge < -0.3 is 0 Å². The summed E-state index contributed by atoms with van der Waals surface area (Å²) in [5.74, 6) is 0. The van der Waals surface area contributed by atoms with E-state index in [2.05, 4.69) is 79.1 Å². The Labute approximate surface area is 182 Å². The fourth-order valence-corrected chi connectivity index (χ4v) is 4.08. The lowest BCUT2D eigenvalue weighted by Gasteiger charge is -2.16. The molecule has 0 fully saturated rings. The van der Waals surface area contributed by atoms with E-state index in [1.54, 1.807) is 0 Å². The zero-order valence-electron chi connectivity index (χ0n) is 16.4. The number of pyridine rings is 1. The summed E-state index contributed by atoms with van der Waals surface area (Å²) < 4.78 is 2.33. The Balaban J connectivity index is 2.09. The summed E-state index contributed by atoms with van der Waals surface area (Å²) in [6.45, 7) is 4.38. The molecule has 0 saturated carbocycles. The Morgan fingerprint density at radius 2 is 1.21 bits per heavy atom. The molecule has 3 aromatic carbocycles. The van der Waals surface area contributed by atoms with Crippen LogP contribution in [0, 0.1) is 0 Å². The van der Waals surface area contributed by atoms with Crippen LogP contribution >= 0.6 is 23.2 Å². The van der Waals surface area contributed by atoms with Crippen molar-refractivity contribution in [3.63, 3.8) is 0 Å². The molecule has 0 atom stereocenters. The number of nitrogens with zero attached hydrogens (tertiary/aromatic N) is 1. The second kappa shape index (κ2) is 8.41. The van der Waals surface area contributed by atoms with Crippen LogP contribution in [0.4, 0.5) is 0 Å². The number of hydrogen-bond donors (Lipinski definition) is 0. The summed E-state index contributed by atoms with van der Waals surface area (Å²) in [6, 6.07) is 31.2. The molecular weight excluding hydrogens is 397 g/mol. The highest BCUT2D eigenvalue weighted by Crippen LogP contribution is 2.34. The van der Waals surface area contributed by atoms with Crippen molar-refractivity contribution in [2.24, 2.45) is 0 Å². The zero-order valence-corrected chi connectivity index (χ0v) is 18.0. The molecule has 0 spiro atoms. The van der Waals surface area contributed by atoms with Gasteiger partial charge in [-0.25, -0.2) is 0 Å². The Morgan fingerprint density at radius 1 is 0.621 bits per heavy atom. The van der Waals surface area contributed by atoms with Crippen molar-refractivity contribution < 1.29 is 4.57 Å². The lowest BCUT2D eigenvalue weighted by atomic mass is 9.98. The van der Waals surface area contributed by atoms with Gasteiger partial charge in [0.25, 0.3) is 0 Å². The first kappa shape index (κ1) is 19.7. The van der Waals surface area contributed by atoms with Gasteiger partial charge in [-0.05, 0) is 55.3 Å². The monoisotopic (exact) mass is 418 g/mol. The van der Waals surface area contributed by atoms with Gasteiger partial charge in [-0.1, -0.05) is 71.7 Å². The highest BCUT2D eigenvalue weighted by atomic mass is 35.5. The van der Waals surface area contributed by atoms with Crippen LogP contribution in [0.5, 0.6) is 0 Å². The minimum atomic E-state index is 0.236. The van der Waals surface area contributed by atoms with Crippen LogP contribution in [0.1, 0.15) is 19.9 Å². The van der Waals surface area contributed by atoms with Crippen LogP contribution in [0.2, 0.25) is 10.0 Å². The van der Waals surface area contributed by atoms with Crippen molar-refractivity contribution in [1.29, 1.82) is 0 Å². The second-order valence-electron chi connectivity index (χ2n) is 7.33. The zero-order chi connectivity index (χ0) is 20.4. The Kier molecular flexibility index (Phi) is 5.71. The van der Waals surface area contributed by atoms with Crippen molar-refractivity contribution in [2.45, 2.75) is 19.9 Å². The molecule has 0 aliphatic heterocycles. The van der Waals surface area contributed by atoms with Crippen LogP contribution in [0.3, 0.4) is 0 Å². The van der Waals surface area contributed by atoms with Gasteiger partial charge in [0, 0.05) is 22.7 Å². The molecule has 4 rings (SSSR count). The van der Waals surface area contributed by atoms with Crippen molar-refractivity contribution in [3.8, 4) is 33.6 Å². The maximum atomic E-state index is 6.63. The molecule has 1 aromatic heterocycles. The van der Waals surface area contributed by atoms with E-state index in [9.17, 15) is 0 Å². The number of hydrogen-bond acceptors (Lipinski definition) is 0. The third kappa shape index (κ3) is 4.07. The van der Waals surface area contributed by atoms with Crippen molar-refractivity contribution in [2.75, 3.05) is 0 Å². The summed E-state index contributed by atoms with van der Waals surface area (Å²) >= 11 is 13.0. The molecule has 3 heteroatoms. The van der Waals surface area contributed by atoms with E-state index in [1.807, 2.05) is 30.3 Å². The summed E-state index contributed by atoms with van der Waals surface area (Å²) in [7, 11) is 0. The normalized spacial score (nSPS) is 11.1. The maximum Gasteiger partial charge on any atom is 0.215 e. The van der Waals surface area contributed by atoms with Crippen LogP contribution in [0.15, 0.2) is 91.0 Å². The molecule has 144 valence electrons. The van der Waals surface area contributed by atoms with Crippen molar-refractivity contribution in [3.05, 3.63) is 101 Å². The largest absolute Gasteiger partial charge is 0.215 e. The number of rotatable bonds is 4. The lowest BCUT2D eigenvalue weighted by Crippen LogP contribution is -2.41. The molecule has 0 radical (unpaired) electrons. The Bertz CT molecular complexity index is 1140. The number of aromatic nitrogens is 1. The van der Waals surface area contributed by atoms with Crippen LogP contribution in [-0.4, -0.2) is 0 Å². The van der Waals surface area contributed by atoms with E-state index < -0.39 is 0 Å². The van der Waals surface area contributed by atoms with E-state index in [1.165, 1.54) is 11.1 Å². The average Bonchev–Trinajstić information content (AvgIpc) is 2.75. The number of benzene rings is 3. The SMILES string of the molecule is CC(C)[n+]1c(-c2ccccc2)cc(-c2ccccc2)cc1-c1cc(Cl)ccc1Cl. The molecule has 0 saturated heterocycles. The minimum absolute atomic E-state index is 0.236. The summed E-state index contributed by atoms with van der Waals surface area (Å²) in [5, 5.41) is 1.36. The third-order valence-corrected chi connectivity index (χ3v) is 5.57. The summed E-state index contributed by atoms with van der Waals surface area (Å²) in [4.78, 5) is 0. The average molecular weight is 419 g/mol. The van der Waals surface area contributed by atoms with E-state index in [0.29, 0.717) is 10.0 Å². The van der Waals surface area contributed by atoms with Gasteiger partial charge in [-0.2, -0.15) is 4.57 Å². The molecule has 0 unspecified atom stereocenters. The first-order valence-electron chi connectivity index (χ1n) is 9.70. The van der Waals surface area contributed by atoms with Crippen molar-refractivity contribution in [1.82, 2.24) is 0 Å². The van der Waals surface area contributed by atoms with E-state index in [-0.39, 0.29) is 6.04 Å². The van der Waals surface area contributed by atoms with Gasteiger partial charge >= 0.3 is 0 Å². The van der Waals surface area contributed by atoms with Gasteiger partial charge in [-0.3, -0.25) is 0 Å². The molecular formula is C26H22Cl2N+. The van der Waals surface area contributed by atoms with Crippen LogP contribution < -0.4 is 4.57 Å². The molecule has 0 aliphatic rings. The molecule has 4 aromatic rings. The maximum absolute atomic E-state index is 6.63. The standard InChI is InChI=1S/C26H22Cl2N/c1-18(2)29-25(20-11-7-4-8-12-20)15-21(19-9-5-3-6-10-19)16-26(29)23-17-22(27)13-14-24(23)28/h3-18H,1-2H3/q+1. The molecule has 1 nitrogen and oxygen atoms in total.